The predicted molar refractivity (Wildman–Crippen MR) is 108 cm³/mol. The number of carbonyl (C=O) groups is 1. The molecule has 3 aromatic rings. The van der Waals surface area contributed by atoms with Gasteiger partial charge in [0.25, 0.3) is 5.91 Å². The van der Waals surface area contributed by atoms with Gasteiger partial charge in [0.05, 0.1) is 18.4 Å². The molecule has 27 heavy (non-hydrogen) atoms. The summed E-state index contributed by atoms with van der Waals surface area (Å²) in [6, 6.07) is 16.8. The van der Waals surface area contributed by atoms with Crippen LogP contribution >= 0.6 is 11.6 Å². The van der Waals surface area contributed by atoms with Gasteiger partial charge in [-0.1, -0.05) is 41.4 Å². The molecule has 0 saturated heterocycles. The second kappa shape index (κ2) is 8.56. The molecule has 0 aliphatic carbocycles. The van der Waals surface area contributed by atoms with Gasteiger partial charge >= 0.3 is 0 Å². The number of pyridine rings is 1. The van der Waals surface area contributed by atoms with Crippen LogP contribution in [0.1, 0.15) is 21.5 Å². The highest BCUT2D eigenvalue weighted by molar-refractivity contribution is 6.31. The highest BCUT2D eigenvalue weighted by Gasteiger charge is 2.08. The number of benzene rings is 2. The summed E-state index contributed by atoms with van der Waals surface area (Å²) in [5.41, 5.74) is 3.43. The Morgan fingerprint density at radius 2 is 1.89 bits per heavy atom. The number of nitrogens with one attached hydrogen (secondary N) is 2. The Kier molecular flexibility index (Phi) is 5.94. The first kappa shape index (κ1) is 18.7. The number of hydrogen-bond donors (Lipinski definition) is 2. The molecule has 2 N–H and O–H groups in total. The average Bonchev–Trinajstić information content (AvgIpc) is 2.68. The average molecular weight is 382 g/mol. The Balaban J connectivity index is 1.63. The van der Waals surface area contributed by atoms with E-state index in [1.807, 2.05) is 31.2 Å². The first-order valence-corrected chi connectivity index (χ1v) is 8.83. The fraction of sp³-hybridized carbons (Fsp3) is 0.143. The van der Waals surface area contributed by atoms with E-state index < -0.39 is 0 Å². The van der Waals surface area contributed by atoms with Gasteiger partial charge in [0, 0.05) is 17.8 Å². The molecule has 6 heteroatoms. The standard InChI is InChI=1S/C21H20ClN3O2/c1-14-3-5-15(6-4-14)12-24-21(26)16-7-10-20(23-13-16)25-18-11-17(22)8-9-19(18)27-2/h3-11,13H,12H2,1-2H3,(H,23,25)(H,24,26). The number of amides is 1. The van der Waals surface area contributed by atoms with Crippen LogP contribution in [-0.4, -0.2) is 18.0 Å². The lowest BCUT2D eigenvalue weighted by Gasteiger charge is -2.11. The van der Waals surface area contributed by atoms with E-state index in [4.69, 9.17) is 16.3 Å². The van der Waals surface area contributed by atoms with Crippen LogP contribution < -0.4 is 15.4 Å². The third-order valence-corrected chi connectivity index (χ3v) is 4.26. The fourth-order valence-corrected chi connectivity index (χ4v) is 2.68. The molecule has 138 valence electrons. The number of hydrogen-bond acceptors (Lipinski definition) is 4. The van der Waals surface area contributed by atoms with Gasteiger partial charge in [-0.2, -0.15) is 0 Å². The molecule has 1 amide bonds. The van der Waals surface area contributed by atoms with Gasteiger partial charge in [-0.25, -0.2) is 4.98 Å². The van der Waals surface area contributed by atoms with Gasteiger partial charge in [0.1, 0.15) is 11.6 Å². The largest absolute Gasteiger partial charge is 0.495 e. The highest BCUT2D eigenvalue weighted by atomic mass is 35.5. The van der Waals surface area contributed by atoms with Crippen LogP contribution in [0, 0.1) is 6.92 Å². The highest BCUT2D eigenvalue weighted by Crippen LogP contribution is 2.29. The Morgan fingerprint density at radius 1 is 1.11 bits per heavy atom. The molecule has 0 aliphatic rings. The summed E-state index contributed by atoms with van der Waals surface area (Å²) in [4.78, 5) is 16.6. The van der Waals surface area contributed by atoms with Gasteiger partial charge in [-0.05, 0) is 42.8 Å². The van der Waals surface area contributed by atoms with Crippen molar-refractivity contribution in [2.24, 2.45) is 0 Å². The second-order valence-corrected chi connectivity index (χ2v) is 6.51. The smallest absolute Gasteiger partial charge is 0.253 e. The predicted octanol–water partition coefficient (Wildman–Crippen LogP) is 4.73. The number of methoxy groups -OCH3 is 1. The summed E-state index contributed by atoms with van der Waals surface area (Å²) >= 11 is 6.03. The first-order chi connectivity index (χ1) is 13.0. The Morgan fingerprint density at radius 3 is 2.56 bits per heavy atom. The molecule has 0 unspecified atom stereocenters. The third kappa shape index (κ3) is 4.99. The molecule has 0 fully saturated rings. The number of aryl methyl sites for hydroxylation is 1. The molecule has 1 aromatic heterocycles. The van der Waals surface area contributed by atoms with Gasteiger partial charge in [-0.3, -0.25) is 4.79 Å². The number of halogens is 1. The molecule has 0 atom stereocenters. The van der Waals surface area contributed by atoms with Gasteiger partial charge in [0.15, 0.2) is 0 Å². The van der Waals surface area contributed by atoms with Crippen LogP contribution in [0.3, 0.4) is 0 Å². The Labute approximate surface area is 163 Å². The van der Waals surface area contributed by atoms with Crippen molar-refractivity contribution >= 4 is 29.0 Å². The van der Waals surface area contributed by atoms with E-state index in [0.717, 1.165) is 5.56 Å². The summed E-state index contributed by atoms with van der Waals surface area (Å²) in [6.07, 6.45) is 1.53. The van der Waals surface area contributed by atoms with E-state index in [1.165, 1.54) is 11.8 Å². The van der Waals surface area contributed by atoms with Crippen molar-refractivity contribution in [2.45, 2.75) is 13.5 Å². The van der Waals surface area contributed by atoms with Gasteiger partial charge < -0.3 is 15.4 Å². The number of rotatable bonds is 6. The minimum atomic E-state index is -0.171. The molecular formula is C21H20ClN3O2. The van der Waals surface area contributed by atoms with Crippen LogP contribution in [0.4, 0.5) is 11.5 Å². The van der Waals surface area contributed by atoms with Crippen molar-refractivity contribution < 1.29 is 9.53 Å². The summed E-state index contributed by atoms with van der Waals surface area (Å²) < 4.78 is 5.30. The summed E-state index contributed by atoms with van der Waals surface area (Å²) in [7, 11) is 1.59. The quantitative estimate of drug-likeness (QED) is 0.648. The Hall–Kier alpha value is -3.05. The lowest BCUT2D eigenvalue weighted by molar-refractivity contribution is 0.0950. The maximum atomic E-state index is 12.3. The normalized spacial score (nSPS) is 10.3. The van der Waals surface area contributed by atoms with Crippen LogP contribution in [0.5, 0.6) is 5.75 Å². The minimum Gasteiger partial charge on any atom is -0.495 e. The second-order valence-electron chi connectivity index (χ2n) is 6.07. The lowest BCUT2D eigenvalue weighted by Crippen LogP contribution is -2.22. The SMILES string of the molecule is COc1ccc(Cl)cc1Nc1ccc(C(=O)NCc2ccc(C)cc2)cn1. The van der Waals surface area contributed by atoms with Gasteiger partial charge in [0.2, 0.25) is 0 Å². The number of aromatic nitrogens is 1. The van der Waals surface area contributed by atoms with Crippen molar-refractivity contribution in [3.63, 3.8) is 0 Å². The van der Waals surface area contributed by atoms with E-state index >= 15 is 0 Å². The van der Waals surface area contributed by atoms with Gasteiger partial charge in [-0.15, -0.1) is 0 Å². The molecule has 0 saturated carbocycles. The summed E-state index contributed by atoms with van der Waals surface area (Å²) in [6.45, 7) is 2.50. The number of carbonyl (C=O) groups excluding carboxylic acids is 1. The number of ether oxygens (including phenoxy) is 1. The molecule has 3 rings (SSSR count). The zero-order chi connectivity index (χ0) is 19.2. The van der Waals surface area contributed by atoms with Crippen LogP contribution in [-0.2, 0) is 6.54 Å². The molecule has 0 spiro atoms. The monoisotopic (exact) mass is 381 g/mol. The van der Waals surface area contributed by atoms with E-state index in [0.29, 0.717) is 34.4 Å². The van der Waals surface area contributed by atoms with Crippen LogP contribution in [0.2, 0.25) is 5.02 Å². The number of nitrogens with zero attached hydrogens (tertiary/aromatic N) is 1. The molecule has 0 radical (unpaired) electrons. The van der Waals surface area contributed by atoms with Crippen molar-refractivity contribution in [3.8, 4) is 5.75 Å². The molecule has 0 aliphatic heterocycles. The maximum Gasteiger partial charge on any atom is 0.253 e. The summed E-state index contributed by atoms with van der Waals surface area (Å²) in [5, 5.41) is 6.62. The zero-order valence-corrected chi connectivity index (χ0v) is 15.9. The molecule has 2 aromatic carbocycles. The maximum absolute atomic E-state index is 12.3. The molecule has 1 heterocycles. The van der Waals surface area contributed by atoms with Crippen molar-refractivity contribution in [3.05, 3.63) is 82.5 Å². The van der Waals surface area contributed by atoms with Crippen molar-refractivity contribution in [1.82, 2.24) is 10.3 Å². The molecular weight excluding hydrogens is 362 g/mol. The van der Waals surface area contributed by atoms with E-state index in [-0.39, 0.29) is 5.91 Å². The first-order valence-electron chi connectivity index (χ1n) is 8.45. The molecule has 0 bridgehead atoms. The fourth-order valence-electron chi connectivity index (χ4n) is 2.51. The number of anilines is 2. The Bertz CT molecular complexity index is 925. The van der Waals surface area contributed by atoms with E-state index in [9.17, 15) is 4.79 Å². The zero-order valence-electron chi connectivity index (χ0n) is 15.1. The molecule has 5 nitrogen and oxygen atoms in total. The topological polar surface area (TPSA) is 63.2 Å². The van der Waals surface area contributed by atoms with Crippen molar-refractivity contribution in [2.75, 3.05) is 12.4 Å². The van der Waals surface area contributed by atoms with Crippen LogP contribution in [0.25, 0.3) is 0 Å². The van der Waals surface area contributed by atoms with E-state index in [1.54, 1.807) is 37.4 Å². The third-order valence-electron chi connectivity index (χ3n) is 4.02. The van der Waals surface area contributed by atoms with Crippen molar-refractivity contribution in [1.29, 1.82) is 0 Å². The minimum absolute atomic E-state index is 0.171. The lowest BCUT2D eigenvalue weighted by atomic mass is 10.1. The summed E-state index contributed by atoms with van der Waals surface area (Å²) in [5.74, 6) is 1.07. The van der Waals surface area contributed by atoms with Crippen LogP contribution in [0.15, 0.2) is 60.8 Å². The van der Waals surface area contributed by atoms with E-state index in [2.05, 4.69) is 15.6 Å².